The molecule has 0 aliphatic rings. The molecule has 0 aromatic heterocycles. The first-order valence-corrected chi connectivity index (χ1v) is 6.51. The number of esters is 1. The molecule has 0 amide bonds. The lowest BCUT2D eigenvalue weighted by Crippen LogP contribution is -2.28. The normalized spacial score (nSPS) is 13.8. The van der Waals surface area contributed by atoms with Crippen LogP contribution in [0.4, 0.5) is 0 Å². The number of carbonyl (C=O) groups is 1. The van der Waals surface area contributed by atoms with E-state index < -0.39 is 0 Å². The van der Waals surface area contributed by atoms with Crippen LogP contribution in [0.25, 0.3) is 0 Å². The number of hydrogen-bond donors (Lipinski definition) is 1. The van der Waals surface area contributed by atoms with Gasteiger partial charge in [-0.2, -0.15) is 0 Å². The molecule has 0 heterocycles. The Morgan fingerprint density at radius 2 is 2.11 bits per heavy atom. The number of nitrogens with two attached hydrogens (primary N) is 1. The summed E-state index contributed by atoms with van der Waals surface area (Å²) in [6.45, 7) is 1.92. The van der Waals surface area contributed by atoms with E-state index in [2.05, 4.69) is 15.9 Å². The maximum absolute atomic E-state index is 11.6. The highest BCUT2D eigenvalue weighted by Crippen LogP contribution is 2.30. The predicted octanol–water partition coefficient (Wildman–Crippen LogP) is 2.66. The molecule has 0 spiro atoms. The number of methoxy groups -OCH3 is 2. The number of rotatable bonds is 5. The Kier molecular flexibility index (Phi) is 5.62. The van der Waals surface area contributed by atoms with Crippen LogP contribution in [0.2, 0.25) is 0 Å². The van der Waals surface area contributed by atoms with Crippen LogP contribution in [0.15, 0.2) is 22.7 Å². The summed E-state index contributed by atoms with van der Waals surface area (Å²) in [5.41, 5.74) is 7.00. The fourth-order valence-corrected chi connectivity index (χ4v) is 2.40. The average molecular weight is 316 g/mol. The molecule has 0 aliphatic heterocycles. The van der Waals surface area contributed by atoms with E-state index in [4.69, 9.17) is 15.2 Å². The highest BCUT2D eigenvalue weighted by atomic mass is 79.9. The molecule has 2 atom stereocenters. The summed E-state index contributed by atoms with van der Waals surface area (Å²) < 4.78 is 10.7. The van der Waals surface area contributed by atoms with Gasteiger partial charge in [0.05, 0.1) is 24.6 Å². The molecule has 100 valence electrons. The van der Waals surface area contributed by atoms with Crippen molar-refractivity contribution in [2.75, 3.05) is 14.2 Å². The fourth-order valence-electron chi connectivity index (χ4n) is 1.84. The van der Waals surface area contributed by atoms with Crippen molar-refractivity contribution < 1.29 is 14.3 Å². The van der Waals surface area contributed by atoms with Crippen LogP contribution in [0, 0.1) is 5.92 Å². The molecule has 18 heavy (non-hydrogen) atoms. The van der Waals surface area contributed by atoms with E-state index in [-0.39, 0.29) is 17.9 Å². The molecule has 0 radical (unpaired) electrons. The second-order valence-electron chi connectivity index (χ2n) is 3.96. The van der Waals surface area contributed by atoms with Crippen molar-refractivity contribution >= 4 is 21.9 Å². The maximum atomic E-state index is 11.6. The topological polar surface area (TPSA) is 61.5 Å². The van der Waals surface area contributed by atoms with Crippen LogP contribution in [0.1, 0.15) is 24.9 Å². The van der Waals surface area contributed by atoms with Gasteiger partial charge in [-0.05, 0) is 40.0 Å². The van der Waals surface area contributed by atoms with Crippen molar-refractivity contribution in [3.05, 3.63) is 28.2 Å². The van der Waals surface area contributed by atoms with Gasteiger partial charge < -0.3 is 15.2 Å². The lowest BCUT2D eigenvalue weighted by atomic mass is 9.91. The molecule has 0 aliphatic carbocycles. The molecule has 1 aromatic carbocycles. The Morgan fingerprint density at radius 3 is 2.56 bits per heavy atom. The Hall–Kier alpha value is -1.07. The van der Waals surface area contributed by atoms with E-state index in [1.807, 2.05) is 25.1 Å². The minimum Gasteiger partial charge on any atom is -0.496 e. The van der Waals surface area contributed by atoms with Gasteiger partial charge in [0.2, 0.25) is 0 Å². The zero-order valence-corrected chi connectivity index (χ0v) is 12.4. The molecule has 4 nitrogen and oxygen atoms in total. The van der Waals surface area contributed by atoms with Crippen molar-refractivity contribution in [3.8, 4) is 5.75 Å². The van der Waals surface area contributed by atoms with Gasteiger partial charge in [0.15, 0.2) is 0 Å². The summed E-state index contributed by atoms with van der Waals surface area (Å²) in [4.78, 5) is 11.6. The quantitative estimate of drug-likeness (QED) is 0.848. The standard InChI is InChI=1S/C13H18BrNO3/c1-4-9(13(16)18-3)12(15)8-5-6-11(17-2)10(14)7-8/h5-7,9,12H,4,15H2,1-3H3. The third-order valence-electron chi connectivity index (χ3n) is 2.94. The Morgan fingerprint density at radius 1 is 1.44 bits per heavy atom. The van der Waals surface area contributed by atoms with Gasteiger partial charge >= 0.3 is 5.97 Å². The van der Waals surface area contributed by atoms with Crippen LogP contribution in [0.3, 0.4) is 0 Å². The van der Waals surface area contributed by atoms with Gasteiger partial charge in [-0.3, -0.25) is 4.79 Å². The molecule has 0 saturated heterocycles. The van der Waals surface area contributed by atoms with Gasteiger partial charge in [0.25, 0.3) is 0 Å². The van der Waals surface area contributed by atoms with E-state index in [0.29, 0.717) is 6.42 Å². The Balaban J connectivity index is 2.98. The van der Waals surface area contributed by atoms with Crippen LogP contribution in [-0.4, -0.2) is 20.2 Å². The van der Waals surface area contributed by atoms with E-state index in [9.17, 15) is 4.79 Å². The first-order valence-electron chi connectivity index (χ1n) is 5.72. The minimum absolute atomic E-state index is 0.281. The van der Waals surface area contributed by atoms with E-state index in [0.717, 1.165) is 15.8 Å². The number of hydrogen-bond acceptors (Lipinski definition) is 4. The summed E-state index contributed by atoms with van der Waals surface area (Å²) in [5, 5.41) is 0. The van der Waals surface area contributed by atoms with Crippen LogP contribution < -0.4 is 10.5 Å². The molecule has 0 fully saturated rings. The molecule has 1 aromatic rings. The van der Waals surface area contributed by atoms with Gasteiger partial charge in [0.1, 0.15) is 5.75 Å². The second kappa shape index (κ2) is 6.75. The van der Waals surface area contributed by atoms with Crippen LogP contribution in [0.5, 0.6) is 5.75 Å². The summed E-state index contributed by atoms with van der Waals surface area (Å²) in [7, 11) is 2.98. The van der Waals surface area contributed by atoms with Gasteiger partial charge in [-0.15, -0.1) is 0 Å². The third kappa shape index (κ3) is 3.23. The number of carbonyl (C=O) groups excluding carboxylic acids is 1. The molecular weight excluding hydrogens is 298 g/mol. The van der Waals surface area contributed by atoms with Crippen molar-refractivity contribution in [1.82, 2.24) is 0 Å². The first kappa shape index (κ1) is 15.0. The lowest BCUT2D eigenvalue weighted by molar-refractivity contribution is -0.146. The number of halogens is 1. The van der Waals surface area contributed by atoms with Crippen molar-refractivity contribution in [1.29, 1.82) is 0 Å². The summed E-state index contributed by atoms with van der Waals surface area (Å²) in [6, 6.07) is 5.17. The van der Waals surface area contributed by atoms with Gasteiger partial charge in [-0.25, -0.2) is 0 Å². The Labute approximate surface area is 116 Å². The predicted molar refractivity (Wildman–Crippen MR) is 73.4 cm³/mol. The summed E-state index contributed by atoms with van der Waals surface area (Å²) in [6.07, 6.45) is 0.636. The van der Waals surface area contributed by atoms with E-state index >= 15 is 0 Å². The molecular formula is C13H18BrNO3. The van der Waals surface area contributed by atoms with Crippen molar-refractivity contribution in [2.24, 2.45) is 11.7 Å². The zero-order chi connectivity index (χ0) is 13.7. The number of ether oxygens (including phenoxy) is 2. The highest BCUT2D eigenvalue weighted by molar-refractivity contribution is 9.10. The molecule has 0 saturated carbocycles. The molecule has 1 rings (SSSR count). The van der Waals surface area contributed by atoms with E-state index in [1.165, 1.54) is 7.11 Å². The van der Waals surface area contributed by atoms with Crippen molar-refractivity contribution in [2.45, 2.75) is 19.4 Å². The SMILES string of the molecule is CCC(C(=O)OC)C(N)c1ccc(OC)c(Br)c1. The largest absolute Gasteiger partial charge is 0.496 e. The maximum Gasteiger partial charge on any atom is 0.310 e. The monoisotopic (exact) mass is 315 g/mol. The van der Waals surface area contributed by atoms with Crippen LogP contribution >= 0.6 is 15.9 Å². The van der Waals surface area contributed by atoms with E-state index in [1.54, 1.807) is 7.11 Å². The minimum atomic E-state index is -0.385. The zero-order valence-electron chi connectivity index (χ0n) is 10.8. The molecule has 0 bridgehead atoms. The highest BCUT2D eigenvalue weighted by Gasteiger charge is 2.26. The molecule has 2 unspecified atom stereocenters. The van der Waals surface area contributed by atoms with Crippen molar-refractivity contribution in [3.63, 3.8) is 0 Å². The molecule has 5 heteroatoms. The second-order valence-corrected chi connectivity index (χ2v) is 4.81. The lowest BCUT2D eigenvalue weighted by Gasteiger charge is -2.21. The first-order chi connectivity index (χ1) is 8.54. The van der Waals surface area contributed by atoms with Gasteiger partial charge in [0, 0.05) is 6.04 Å². The smallest absolute Gasteiger partial charge is 0.310 e. The Bertz CT molecular complexity index is 423. The molecule has 2 N–H and O–H groups in total. The fraction of sp³-hybridized carbons (Fsp3) is 0.462. The number of benzene rings is 1. The van der Waals surface area contributed by atoms with Crippen LogP contribution in [-0.2, 0) is 9.53 Å². The average Bonchev–Trinajstić information content (AvgIpc) is 2.38. The van der Waals surface area contributed by atoms with Gasteiger partial charge in [-0.1, -0.05) is 13.0 Å². The third-order valence-corrected chi connectivity index (χ3v) is 3.56. The summed E-state index contributed by atoms with van der Waals surface area (Å²) >= 11 is 3.40. The summed E-state index contributed by atoms with van der Waals surface area (Å²) in [5.74, 6) is 0.115.